The Morgan fingerprint density at radius 3 is 2.39 bits per heavy atom. The summed E-state index contributed by atoms with van der Waals surface area (Å²) in [6.07, 6.45) is 6.47. The number of rotatable bonds is 8. The van der Waals surface area contributed by atoms with E-state index in [-0.39, 0.29) is 35.2 Å². The second-order valence-electron chi connectivity index (χ2n) is 11.3. The van der Waals surface area contributed by atoms with Crippen molar-refractivity contribution in [2.75, 3.05) is 24.6 Å². The second kappa shape index (κ2) is 10.4. The normalized spacial score (nSPS) is 23.0. The highest BCUT2D eigenvalue weighted by Gasteiger charge is 2.63. The number of nitrogens with zero attached hydrogens (tertiary/aromatic N) is 4. The van der Waals surface area contributed by atoms with Crippen molar-refractivity contribution in [3.05, 3.63) is 46.7 Å². The van der Waals surface area contributed by atoms with Crippen molar-refractivity contribution in [1.29, 1.82) is 5.26 Å². The molecule has 0 amide bonds. The zero-order chi connectivity index (χ0) is 26.1. The predicted octanol–water partition coefficient (Wildman–Crippen LogP) is 5.30. The lowest BCUT2D eigenvalue weighted by atomic mass is 9.44. The fourth-order valence-corrected chi connectivity index (χ4v) is 6.56. The average Bonchev–Trinajstić information content (AvgIpc) is 2.86. The monoisotopic (exact) mass is 510 g/mol. The number of aromatic nitrogens is 2. The lowest BCUT2D eigenvalue weighted by Gasteiger charge is -2.63. The van der Waals surface area contributed by atoms with Gasteiger partial charge in [0.05, 0.1) is 16.1 Å². The number of anilines is 1. The lowest BCUT2D eigenvalue weighted by molar-refractivity contribution is -0.196. The van der Waals surface area contributed by atoms with Crippen LogP contribution >= 0.6 is 11.6 Å². The third-order valence-corrected chi connectivity index (χ3v) is 8.56. The summed E-state index contributed by atoms with van der Waals surface area (Å²) >= 11 is 6.19. The van der Waals surface area contributed by atoms with E-state index in [1.165, 1.54) is 0 Å². The number of Topliss-reactive ketones (excluding diaryl/α,β-unsaturated/α-hetero) is 1. The van der Waals surface area contributed by atoms with Crippen molar-refractivity contribution in [3.63, 3.8) is 0 Å². The first-order valence-corrected chi connectivity index (χ1v) is 13.0. The van der Waals surface area contributed by atoms with Gasteiger partial charge in [-0.1, -0.05) is 39.3 Å². The van der Waals surface area contributed by atoms with Gasteiger partial charge in [0.25, 0.3) is 0 Å². The Kier molecular flexibility index (Phi) is 7.59. The number of aliphatic hydroxyl groups is 1. The Morgan fingerprint density at radius 2 is 1.83 bits per heavy atom. The number of aliphatic hydroxyl groups excluding tert-OH is 1. The van der Waals surface area contributed by atoms with Gasteiger partial charge in [-0.15, -0.1) is 0 Å². The molecule has 0 spiro atoms. The molecular formula is C28H35ClN4O3. The van der Waals surface area contributed by atoms with Crippen molar-refractivity contribution in [2.24, 2.45) is 22.7 Å². The molecule has 0 atom stereocenters. The maximum absolute atomic E-state index is 13.2. The predicted molar refractivity (Wildman–Crippen MR) is 139 cm³/mol. The van der Waals surface area contributed by atoms with Crippen molar-refractivity contribution in [1.82, 2.24) is 9.97 Å². The van der Waals surface area contributed by atoms with Gasteiger partial charge >= 0.3 is 0 Å². The summed E-state index contributed by atoms with van der Waals surface area (Å²) in [5.74, 6) is 1.99. The van der Waals surface area contributed by atoms with Crippen LogP contribution in [-0.2, 0) is 0 Å². The van der Waals surface area contributed by atoms with E-state index >= 15 is 0 Å². The largest absolute Gasteiger partial charge is 0.489 e. The molecule has 36 heavy (non-hydrogen) atoms. The van der Waals surface area contributed by atoms with Crippen LogP contribution in [0, 0.1) is 34.0 Å². The lowest BCUT2D eigenvalue weighted by Crippen LogP contribution is -2.66. The molecule has 4 rings (SSSR count). The maximum Gasteiger partial charge on any atom is 0.225 e. The van der Waals surface area contributed by atoms with Crippen LogP contribution in [0.15, 0.2) is 30.6 Å². The second-order valence-corrected chi connectivity index (χ2v) is 11.7. The van der Waals surface area contributed by atoms with Crippen LogP contribution < -0.4 is 9.64 Å². The van der Waals surface area contributed by atoms with Gasteiger partial charge in [-0.25, -0.2) is 9.97 Å². The molecule has 8 heteroatoms. The van der Waals surface area contributed by atoms with E-state index in [4.69, 9.17) is 26.7 Å². The van der Waals surface area contributed by atoms with Gasteiger partial charge in [0.1, 0.15) is 17.9 Å². The van der Waals surface area contributed by atoms with E-state index in [1.807, 2.05) is 0 Å². The Balaban J connectivity index is 1.38. The van der Waals surface area contributed by atoms with Gasteiger partial charge in [0, 0.05) is 55.4 Å². The van der Waals surface area contributed by atoms with Gasteiger partial charge in [-0.3, -0.25) is 4.79 Å². The Labute approximate surface area is 218 Å². The molecule has 0 radical (unpaired) electrons. The van der Waals surface area contributed by atoms with Crippen LogP contribution in [-0.4, -0.2) is 46.7 Å². The summed E-state index contributed by atoms with van der Waals surface area (Å²) in [4.78, 5) is 24.3. The van der Waals surface area contributed by atoms with Crippen LogP contribution in [0.4, 0.5) is 5.95 Å². The van der Waals surface area contributed by atoms with E-state index in [1.54, 1.807) is 30.6 Å². The van der Waals surface area contributed by atoms with Gasteiger partial charge in [0.15, 0.2) is 5.78 Å². The summed E-state index contributed by atoms with van der Waals surface area (Å²) < 4.78 is 6.34. The number of ether oxygens (including phenoxy) is 1. The minimum Gasteiger partial charge on any atom is -0.489 e. The number of hydrogen-bond acceptors (Lipinski definition) is 7. The van der Waals surface area contributed by atoms with E-state index in [2.05, 4.69) is 48.6 Å². The molecule has 2 heterocycles. The molecule has 7 nitrogen and oxygen atoms in total. The molecule has 2 aromatic rings. The third kappa shape index (κ3) is 5.07. The van der Waals surface area contributed by atoms with E-state index in [9.17, 15) is 4.79 Å². The molecule has 1 N–H and O–H groups in total. The highest BCUT2D eigenvalue weighted by Crippen LogP contribution is 2.61. The van der Waals surface area contributed by atoms with Crippen LogP contribution in [0.2, 0.25) is 5.02 Å². The van der Waals surface area contributed by atoms with Crippen molar-refractivity contribution in [2.45, 2.75) is 59.5 Å². The highest BCUT2D eigenvalue weighted by molar-refractivity contribution is 6.31. The molecule has 1 saturated carbocycles. The zero-order valence-corrected chi connectivity index (χ0v) is 22.3. The molecule has 1 aromatic heterocycles. The number of nitriles is 1. The number of ketones is 1. The zero-order valence-electron chi connectivity index (χ0n) is 21.5. The van der Waals surface area contributed by atoms with Crippen molar-refractivity contribution < 1.29 is 14.6 Å². The highest BCUT2D eigenvalue weighted by atomic mass is 35.5. The van der Waals surface area contributed by atoms with Gasteiger partial charge in [0.2, 0.25) is 5.95 Å². The van der Waals surface area contributed by atoms with Crippen molar-refractivity contribution >= 4 is 23.3 Å². The minimum atomic E-state index is -0.237. The molecule has 1 aliphatic heterocycles. The molecular weight excluding hydrogens is 476 g/mol. The molecule has 0 unspecified atom stereocenters. The SMILES string of the molecule is CC1(C)C(CC(=O)c2cnc(N3CCC(CCO)CC3)nc2)C(C)(C)C1Oc1ccc(C#N)c(Cl)c1. The fourth-order valence-electron chi connectivity index (χ4n) is 6.35. The molecule has 1 aromatic carbocycles. The number of piperidine rings is 1. The maximum atomic E-state index is 13.2. The van der Waals surface area contributed by atoms with Crippen LogP contribution in [0.5, 0.6) is 5.75 Å². The summed E-state index contributed by atoms with van der Waals surface area (Å²) in [5, 5.41) is 18.6. The third-order valence-electron chi connectivity index (χ3n) is 8.25. The topological polar surface area (TPSA) is 99.3 Å². The molecule has 2 aliphatic rings. The fraction of sp³-hybridized carbons (Fsp3) is 0.571. The molecule has 1 saturated heterocycles. The van der Waals surface area contributed by atoms with Gasteiger partial charge in [-0.2, -0.15) is 5.26 Å². The summed E-state index contributed by atoms with van der Waals surface area (Å²) in [6.45, 7) is 10.5. The van der Waals surface area contributed by atoms with Gasteiger partial charge in [-0.05, 0) is 43.2 Å². The number of benzene rings is 1. The summed E-state index contributed by atoms with van der Waals surface area (Å²) in [6, 6.07) is 7.17. The quantitative estimate of drug-likeness (QED) is 0.481. The van der Waals surface area contributed by atoms with Crippen LogP contribution in [0.1, 0.15) is 69.3 Å². The first-order chi connectivity index (χ1) is 17.1. The Bertz CT molecular complexity index is 1120. The number of carbonyl (C=O) groups excluding carboxylic acids is 1. The number of carbonyl (C=O) groups is 1. The minimum absolute atomic E-state index is 0.0363. The number of halogens is 1. The van der Waals surface area contributed by atoms with E-state index in [0.29, 0.717) is 40.2 Å². The van der Waals surface area contributed by atoms with Gasteiger partial charge < -0.3 is 14.7 Å². The molecule has 1 aliphatic carbocycles. The van der Waals surface area contributed by atoms with Crippen LogP contribution in [0.3, 0.4) is 0 Å². The number of hydrogen-bond donors (Lipinski definition) is 1. The first kappa shape index (κ1) is 26.4. The summed E-state index contributed by atoms with van der Waals surface area (Å²) in [5.41, 5.74) is 0.473. The summed E-state index contributed by atoms with van der Waals surface area (Å²) in [7, 11) is 0. The standard InChI is InChI=1S/C28H35ClN4O3/c1-27(2)24(28(3,4)25(27)36-21-6-5-19(15-30)22(29)13-21)14-23(35)20-16-31-26(32-17-20)33-10-7-18(8-11-33)9-12-34/h5-6,13,16-18,24-25,34H,7-12,14H2,1-4H3. The smallest absolute Gasteiger partial charge is 0.225 e. The van der Waals surface area contributed by atoms with Crippen LogP contribution in [0.25, 0.3) is 0 Å². The molecule has 0 bridgehead atoms. The first-order valence-electron chi connectivity index (χ1n) is 12.6. The molecule has 2 fully saturated rings. The Morgan fingerprint density at radius 1 is 1.19 bits per heavy atom. The molecule has 192 valence electrons. The van der Waals surface area contributed by atoms with E-state index in [0.717, 1.165) is 32.4 Å². The van der Waals surface area contributed by atoms with Crippen molar-refractivity contribution in [3.8, 4) is 11.8 Å². The average molecular weight is 511 g/mol. The Hall–Kier alpha value is -2.69. The van der Waals surface area contributed by atoms with E-state index < -0.39 is 0 Å².